The molecule has 1 N–H and O–H groups in total. The highest BCUT2D eigenvalue weighted by Crippen LogP contribution is 2.22. The molecule has 0 fully saturated rings. The first-order valence-electron chi connectivity index (χ1n) is 7.60. The molecule has 0 spiro atoms. The van der Waals surface area contributed by atoms with E-state index in [-0.39, 0.29) is 0 Å². The van der Waals surface area contributed by atoms with E-state index in [1.807, 2.05) is 12.1 Å². The van der Waals surface area contributed by atoms with Crippen LogP contribution in [0.1, 0.15) is 18.9 Å². The van der Waals surface area contributed by atoms with Gasteiger partial charge in [0.25, 0.3) is 0 Å². The molecule has 21 heavy (non-hydrogen) atoms. The maximum absolute atomic E-state index is 6.08. The van der Waals surface area contributed by atoms with Crippen LogP contribution in [0.4, 0.5) is 0 Å². The molecule has 0 aliphatic carbocycles. The number of hydrogen-bond donors (Lipinski definition) is 1. The topological polar surface area (TPSA) is 30.5 Å². The predicted molar refractivity (Wildman–Crippen MR) is 89.0 cm³/mol. The van der Waals surface area contributed by atoms with Crippen LogP contribution in [-0.2, 0) is 15.9 Å². The van der Waals surface area contributed by atoms with Crippen LogP contribution in [0.15, 0.2) is 24.3 Å². The van der Waals surface area contributed by atoms with Crippen molar-refractivity contribution in [2.75, 3.05) is 40.5 Å². The summed E-state index contributed by atoms with van der Waals surface area (Å²) in [4.78, 5) is 0. The highest BCUT2D eigenvalue weighted by Gasteiger charge is 2.17. The van der Waals surface area contributed by atoms with Crippen molar-refractivity contribution in [3.05, 3.63) is 34.9 Å². The lowest BCUT2D eigenvalue weighted by Crippen LogP contribution is -2.31. The first-order valence-corrected chi connectivity index (χ1v) is 7.98. The van der Waals surface area contributed by atoms with Crippen LogP contribution in [-0.4, -0.2) is 40.5 Å². The van der Waals surface area contributed by atoms with E-state index in [4.69, 9.17) is 21.1 Å². The van der Waals surface area contributed by atoms with Crippen molar-refractivity contribution in [2.45, 2.75) is 19.8 Å². The first kappa shape index (κ1) is 18.4. The Hall–Kier alpha value is -0.610. The molecule has 0 saturated heterocycles. The number of hydrogen-bond acceptors (Lipinski definition) is 3. The van der Waals surface area contributed by atoms with Crippen molar-refractivity contribution in [1.29, 1.82) is 0 Å². The van der Waals surface area contributed by atoms with E-state index in [9.17, 15) is 0 Å². The van der Waals surface area contributed by atoms with E-state index in [0.717, 1.165) is 44.2 Å². The number of ether oxygens (including phenoxy) is 2. The Kier molecular flexibility index (Phi) is 9.68. The van der Waals surface area contributed by atoms with E-state index >= 15 is 0 Å². The molecule has 2 unspecified atom stereocenters. The average molecular weight is 314 g/mol. The van der Waals surface area contributed by atoms with E-state index in [1.165, 1.54) is 5.56 Å². The third-order valence-corrected chi connectivity index (χ3v) is 4.09. The normalized spacial score (nSPS) is 14.1. The van der Waals surface area contributed by atoms with Gasteiger partial charge in [0.15, 0.2) is 0 Å². The van der Waals surface area contributed by atoms with E-state index < -0.39 is 0 Å². The second-order valence-electron chi connectivity index (χ2n) is 5.55. The number of nitrogens with one attached hydrogen (secondary N) is 1. The summed E-state index contributed by atoms with van der Waals surface area (Å²) in [5, 5.41) is 4.29. The van der Waals surface area contributed by atoms with Crippen molar-refractivity contribution in [2.24, 2.45) is 11.8 Å². The van der Waals surface area contributed by atoms with Crippen LogP contribution < -0.4 is 5.32 Å². The summed E-state index contributed by atoms with van der Waals surface area (Å²) in [7, 11) is 3.49. The van der Waals surface area contributed by atoms with E-state index in [0.29, 0.717) is 11.8 Å². The second-order valence-corrected chi connectivity index (χ2v) is 5.99. The number of rotatable bonds is 11. The summed E-state index contributed by atoms with van der Waals surface area (Å²) in [6, 6.07) is 8.15. The van der Waals surface area contributed by atoms with Crippen molar-refractivity contribution in [3.63, 3.8) is 0 Å². The second kappa shape index (κ2) is 11.0. The Morgan fingerprint density at radius 1 is 1.19 bits per heavy atom. The summed E-state index contributed by atoms with van der Waals surface area (Å²) in [5.41, 5.74) is 1.30. The summed E-state index contributed by atoms with van der Waals surface area (Å²) in [6.45, 7) is 5.73. The van der Waals surface area contributed by atoms with Gasteiger partial charge in [0, 0.05) is 32.4 Å². The van der Waals surface area contributed by atoms with Gasteiger partial charge in [0.05, 0.1) is 6.61 Å². The Balaban J connectivity index is 2.57. The van der Waals surface area contributed by atoms with E-state index in [2.05, 4.69) is 24.4 Å². The lowest BCUT2D eigenvalue weighted by Gasteiger charge is -2.24. The molecule has 4 heteroatoms. The molecule has 3 nitrogen and oxygen atoms in total. The molecule has 1 rings (SSSR count). The standard InChI is InChI=1S/C17H28ClNO2/c1-14(7-9-20-2)16(13-19-8-10-21-3)11-15-5-4-6-17(18)12-15/h4-6,12,14,16,19H,7-11,13H2,1-3H3. The third kappa shape index (κ3) is 7.82. The van der Waals surface area contributed by atoms with Crippen molar-refractivity contribution in [3.8, 4) is 0 Å². The fraction of sp³-hybridized carbons (Fsp3) is 0.647. The quantitative estimate of drug-likeness (QED) is 0.635. The summed E-state index contributed by atoms with van der Waals surface area (Å²) in [5.74, 6) is 1.16. The molecule has 0 radical (unpaired) electrons. The van der Waals surface area contributed by atoms with Crippen molar-refractivity contribution in [1.82, 2.24) is 5.32 Å². The highest BCUT2D eigenvalue weighted by atomic mass is 35.5. The molecule has 0 aromatic heterocycles. The number of halogens is 1. The molecule has 0 aliphatic heterocycles. The van der Waals surface area contributed by atoms with Crippen LogP contribution in [0.3, 0.4) is 0 Å². The van der Waals surface area contributed by atoms with Gasteiger partial charge in [-0.2, -0.15) is 0 Å². The SMILES string of the molecule is COCCNCC(Cc1cccc(Cl)c1)C(C)CCOC. The lowest BCUT2D eigenvalue weighted by molar-refractivity contribution is 0.161. The van der Waals surface area contributed by atoms with Gasteiger partial charge in [0.2, 0.25) is 0 Å². The Labute approximate surface area is 134 Å². The zero-order chi connectivity index (χ0) is 15.5. The zero-order valence-electron chi connectivity index (χ0n) is 13.4. The Morgan fingerprint density at radius 3 is 2.62 bits per heavy atom. The molecule has 0 saturated carbocycles. The van der Waals surface area contributed by atoms with Gasteiger partial charge >= 0.3 is 0 Å². The lowest BCUT2D eigenvalue weighted by atomic mass is 9.86. The molecule has 120 valence electrons. The minimum absolute atomic E-state index is 0.565. The zero-order valence-corrected chi connectivity index (χ0v) is 14.2. The first-order chi connectivity index (χ1) is 10.2. The van der Waals surface area contributed by atoms with Gasteiger partial charge in [-0.15, -0.1) is 0 Å². The molecule has 1 aromatic carbocycles. The van der Waals surface area contributed by atoms with Crippen LogP contribution in [0, 0.1) is 11.8 Å². The maximum Gasteiger partial charge on any atom is 0.0587 e. The van der Waals surface area contributed by atoms with Gasteiger partial charge in [-0.05, 0) is 48.9 Å². The molecule has 2 atom stereocenters. The average Bonchev–Trinajstić information content (AvgIpc) is 2.48. The van der Waals surface area contributed by atoms with E-state index in [1.54, 1.807) is 14.2 Å². The predicted octanol–water partition coefficient (Wildman–Crippen LogP) is 3.41. The molecule has 1 aromatic rings. The fourth-order valence-corrected chi connectivity index (χ4v) is 2.66. The van der Waals surface area contributed by atoms with Gasteiger partial charge < -0.3 is 14.8 Å². The monoisotopic (exact) mass is 313 g/mol. The van der Waals surface area contributed by atoms with Gasteiger partial charge in [-0.25, -0.2) is 0 Å². The Bertz CT molecular complexity index is 387. The number of benzene rings is 1. The van der Waals surface area contributed by atoms with Crippen LogP contribution >= 0.6 is 11.6 Å². The van der Waals surface area contributed by atoms with Crippen LogP contribution in [0.25, 0.3) is 0 Å². The van der Waals surface area contributed by atoms with Gasteiger partial charge in [0.1, 0.15) is 0 Å². The molecule has 0 bridgehead atoms. The van der Waals surface area contributed by atoms with Crippen LogP contribution in [0.2, 0.25) is 5.02 Å². The van der Waals surface area contributed by atoms with Crippen molar-refractivity contribution >= 4 is 11.6 Å². The molecule has 0 amide bonds. The minimum Gasteiger partial charge on any atom is -0.385 e. The minimum atomic E-state index is 0.565. The Morgan fingerprint density at radius 2 is 1.95 bits per heavy atom. The number of methoxy groups -OCH3 is 2. The van der Waals surface area contributed by atoms with Gasteiger partial charge in [-0.3, -0.25) is 0 Å². The van der Waals surface area contributed by atoms with Crippen molar-refractivity contribution < 1.29 is 9.47 Å². The van der Waals surface area contributed by atoms with Gasteiger partial charge in [-0.1, -0.05) is 30.7 Å². The molecular formula is C17H28ClNO2. The summed E-state index contributed by atoms with van der Waals surface area (Å²) in [6.07, 6.45) is 2.11. The molecule has 0 aliphatic rings. The third-order valence-electron chi connectivity index (χ3n) is 3.86. The maximum atomic E-state index is 6.08. The molecule has 0 heterocycles. The fourth-order valence-electron chi connectivity index (χ4n) is 2.44. The smallest absolute Gasteiger partial charge is 0.0587 e. The highest BCUT2D eigenvalue weighted by molar-refractivity contribution is 6.30. The van der Waals surface area contributed by atoms with Crippen LogP contribution in [0.5, 0.6) is 0 Å². The largest absolute Gasteiger partial charge is 0.385 e. The molecular weight excluding hydrogens is 286 g/mol. The summed E-state index contributed by atoms with van der Waals surface area (Å²) >= 11 is 6.08. The summed E-state index contributed by atoms with van der Waals surface area (Å²) < 4.78 is 10.3.